The molecule has 1 atom stereocenters. The number of ether oxygens (including phenoxy) is 1. The van der Waals surface area contributed by atoms with Crippen molar-refractivity contribution in [2.45, 2.75) is 26.4 Å². The number of pyridine rings is 1. The number of rotatable bonds is 7. The van der Waals surface area contributed by atoms with E-state index in [-0.39, 0.29) is 17.7 Å². The zero-order valence-corrected chi connectivity index (χ0v) is 23.4. The average Bonchev–Trinajstić information content (AvgIpc) is 3.28. The first-order chi connectivity index (χ1) is 19.2. The third-order valence-electron chi connectivity index (χ3n) is 7.67. The van der Waals surface area contributed by atoms with E-state index in [0.29, 0.717) is 23.4 Å². The summed E-state index contributed by atoms with van der Waals surface area (Å²) in [6, 6.07) is 16.4. The predicted octanol–water partition coefficient (Wildman–Crippen LogP) is 3.91. The maximum Gasteiger partial charge on any atom is 0.328 e. The Morgan fingerprint density at radius 1 is 0.950 bits per heavy atom. The summed E-state index contributed by atoms with van der Waals surface area (Å²) in [4.78, 5) is 49.0. The number of nitrogens with one attached hydrogen (secondary N) is 1. The van der Waals surface area contributed by atoms with Crippen molar-refractivity contribution in [2.24, 2.45) is 5.92 Å². The van der Waals surface area contributed by atoms with Gasteiger partial charge < -0.3 is 24.8 Å². The molecule has 1 unspecified atom stereocenters. The van der Waals surface area contributed by atoms with E-state index in [1.807, 2.05) is 62.4 Å². The molecule has 0 spiro atoms. The molecule has 2 aliphatic heterocycles. The Balaban J connectivity index is 1.24. The minimum Gasteiger partial charge on any atom is -0.467 e. The molecule has 3 aromatic rings. The summed E-state index contributed by atoms with van der Waals surface area (Å²) < 4.78 is 4.96. The number of nitrogens with zero attached hydrogens (tertiary/aromatic N) is 4. The lowest BCUT2D eigenvalue weighted by Gasteiger charge is -2.33. The monoisotopic (exact) mass is 541 g/mol. The fourth-order valence-corrected chi connectivity index (χ4v) is 5.30. The van der Waals surface area contributed by atoms with Crippen molar-refractivity contribution in [1.82, 2.24) is 14.8 Å². The summed E-state index contributed by atoms with van der Waals surface area (Å²) in [5.74, 6) is 0.0140. The first kappa shape index (κ1) is 27.3. The molecular weight excluding hydrogens is 506 g/mol. The number of methoxy groups -OCH3 is 1. The quantitative estimate of drug-likeness (QED) is 0.453. The zero-order chi connectivity index (χ0) is 28.4. The molecule has 9 nitrogen and oxygen atoms in total. The van der Waals surface area contributed by atoms with Gasteiger partial charge in [-0.15, -0.1) is 0 Å². The van der Waals surface area contributed by atoms with Gasteiger partial charge in [0, 0.05) is 50.2 Å². The highest BCUT2D eigenvalue weighted by atomic mass is 16.5. The van der Waals surface area contributed by atoms with Gasteiger partial charge in [-0.25, -0.2) is 9.78 Å². The van der Waals surface area contributed by atoms with E-state index in [2.05, 4.69) is 27.1 Å². The predicted molar refractivity (Wildman–Crippen MR) is 154 cm³/mol. The van der Waals surface area contributed by atoms with E-state index in [1.165, 1.54) is 7.11 Å². The van der Waals surface area contributed by atoms with Crippen LogP contribution in [0.1, 0.15) is 40.1 Å². The number of piperazine rings is 1. The van der Waals surface area contributed by atoms with Crippen molar-refractivity contribution in [1.29, 1.82) is 0 Å². The number of hydrogen-bond acceptors (Lipinski definition) is 7. The second-order valence-electron chi connectivity index (χ2n) is 10.7. The van der Waals surface area contributed by atoms with E-state index in [9.17, 15) is 14.4 Å². The smallest absolute Gasteiger partial charge is 0.328 e. The van der Waals surface area contributed by atoms with Gasteiger partial charge in [0.05, 0.1) is 12.7 Å². The third-order valence-corrected chi connectivity index (χ3v) is 7.67. The SMILES string of the molecule is COC(=O)C(C(C)C)N1Cc2ccc(-c3ccc(NC(=O)c4ccc(N5CCN(C)CC5)nc4)cc3)cc2C1=O. The van der Waals surface area contributed by atoms with E-state index >= 15 is 0 Å². The Labute approximate surface area is 234 Å². The Morgan fingerprint density at radius 3 is 2.27 bits per heavy atom. The van der Waals surface area contributed by atoms with Gasteiger partial charge in [0.2, 0.25) is 0 Å². The number of aromatic nitrogens is 1. The van der Waals surface area contributed by atoms with Gasteiger partial charge in [0.1, 0.15) is 11.9 Å². The molecule has 40 heavy (non-hydrogen) atoms. The summed E-state index contributed by atoms with van der Waals surface area (Å²) >= 11 is 0. The molecule has 2 aromatic carbocycles. The zero-order valence-electron chi connectivity index (χ0n) is 23.4. The molecule has 5 rings (SSSR count). The maximum absolute atomic E-state index is 13.2. The van der Waals surface area contributed by atoms with Crippen molar-refractivity contribution in [2.75, 3.05) is 50.6 Å². The highest BCUT2D eigenvalue weighted by molar-refractivity contribution is 6.04. The van der Waals surface area contributed by atoms with Gasteiger partial charge in [-0.3, -0.25) is 9.59 Å². The number of benzene rings is 2. The van der Waals surface area contributed by atoms with Crippen LogP contribution in [0.3, 0.4) is 0 Å². The molecular formula is C31H35N5O4. The van der Waals surface area contributed by atoms with Crippen LogP contribution in [0.5, 0.6) is 0 Å². The molecule has 1 N–H and O–H groups in total. The number of amides is 2. The number of carbonyl (C=O) groups is 3. The maximum atomic E-state index is 13.2. The summed E-state index contributed by atoms with van der Waals surface area (Å²) in [7, 11) is 3.46. The van der Waals surface area contributed by atoms with Crippen LogP contribution in [0.2, 0.25) is 0 Å². The number of carbonyl (C=O) groups excluding carboxylic acids is 3. The van der Waals surface area contributed by atoms with Crippen LogP contribution in [-0.4, -0.2) is 78.9 Å². The normalized spacial score (nSPS) is 16.2. The molecule has 0 aliphatic carbocycles. The number of esters is 1. The number of likely N-dealkylation sites (N-methyl/N-ethyl adjacent to an activating group) is 1. The van der Waals surface area contributed by atoms with Crippen LogP contribution in [0.4, 0.5) is 11.5 Å². The lowest BCUT2D eigenvalue weighted by atomic mass is 10.00. The second-order valence-corrected chi connectivity index (χ2v) is 10.7. The van der Waals surface area contributed by atoms with Crippen molar-refractivity contribution in [3.63, 3.8) is 0 Å². The molecule has 1 aromatic heterocycles. The van der Waals surface area contributed by atoms with Crippen molar-refractivity contribution < 1.29 is 19.1 Å². The summed E-state index contributed by atoms with van der Waals surface area (Å²) in [6.07, 6.45) is 1.62. The minimum absolute atomic E-state index is 0.0707. The topological polar surface area (TPSA) is 95.1 Å². The number of anilines is 2. The number of fused-ring (bicyclic) bond motifs is 1. The standard InChI is InChI=1S/C31H35N5O4/c1-20(2)28(31(39)40-4)36-19-24-6-5-22(17-26(24)30(36)38)21-7-10-25(11-8-21)33-29(37)23-9-12-27(32-18-23)35-15-13-34(3)14-16-35/h5-12,17-18,20,28H,13-16,19H2,1-4H3,(H,33,37). The fourth-order valence-electron chi connectivity index (χ4n) is 5.30. The lowest BCUT2D eigenvalue weighted by molar-refractivity contribution is -0.147. The van der Waals surface area contributed by atoms with E-state index in [0.717, 1.165) is 48.7 Å². The Kier molecular flexibility index (Phi) is 7.84. The summed E-state index contributed by atoms with van der Waals surface area (Å²) in [5.41, 5.74) is 4.44. The van der Waals surface area contributed by atoms with Gasteiger partial charge >= 0.3 is 5.97 Å². The first-order valence-electron chi connectivity index (χ1n) is 13.6. The molecule has 2 aliphatic rings. The van der Waals surface area contributed by atoms with E-state index < -0.39 is 12.0 Å². The van der Waals surface area contributed by atoms with Crippen molar-refractivity contribution >= 4 is 29.3 Å². The Hall–Kier alpha value is -4.24. The summed E-state index contributed by atoms with van der Waals surface area (Å²) in [5, 5.41) is 2.93. The van der Waals surface area contributed by atoms with Crippen LogP contribution in [0.25, 0.3) is 11.1 Å². The van der Waals surface area contributed by atoms with Crippen molar-refractivity contribution in [3.05, 3.63) is 77.5 Å². The van der Waals surface area contributed by atoms with Gasteiger partial charge in [0.25, 0.3) is 11.8 Å². The van der Waals surface area contributed by atoms with Crippen LogP contribution in [-0.2, 0) is 16.1 Å². The minimum atomic E-state index is -0.630. The third kappa shape index (κ3) is 5.56. The molecule has 208 valence electrons. The highest BCUT2D eigenvalue weighted by Gasteiger charge is 2.38. The molecule has 2 amide bonds. The van der Waals surface area contributed by atoms with E-state index in [1.54, 1.807) is 17.2 Å². The molecule has 0 radical (unpaired) electrons. The van der Waals surface area contributed by atoms with Gasteiger partial charge in [-0.2, -0.15) is 0 Å². The van der Waals surface area contributed by atoms with Crippen LogP contribution in [0.15, 0.2) is 60.8 Å². The van der Waals surface area contributed by atoms with Gasteiger partial charge in [0.15, 0.2) is 0 Å². The molecule has 1 fully saturated rings. The Bertz CT molecular complexity index is 1400. The largest absolute Gasteiger partial charge is 0.467 e. The molecule has 3 heterocycles. The summed E-state index contributed by atoms with van der Waals surface area (Å²) in [6.45, 7) is 8.02. The van der Waals surface area contributed by atoms with Gasteiger partial charge in [-0.05, 0) is 60.0 Å². The fraction of sp³-hybridized carbons (Fsp3) is 0.355. The van der Waals surface area contributed by atoms with Crippen LogP contribution in [0, 0.1) is 5.92 Å². The Morgan fingerprint density at radius 2 is 1.65 bits per heavy atom. The molecule has 0 saturated carbocycles. The van der Waals surface area contributed by atoms with Gasteiger partial charge in [-0.1, -0.05) is 38.1 Å². The average molecular weight is 542 g/mol. The van der Waals surface area contributed by atoms with Crippen LogP contribution < -0.4 is 10.2 Å². The lowest BCUT2D eigenvalue weighted by Crippen LogP contribution is -2.45. The number of hydrogen-bond donors (Lipinski definition) is 1. The molecule has 1 saturated heterocycles. The second kappa shape index (κ2) is 11.5. The van der Waals surface area contributed by atoms with E-state index in [4.69, 9.17) is 4.74 Å². The van der Waals surface area contributed by atoms with Crippen molar-refractivity contribution in [3.8, 4) is 11.1 Å². The molecule has 9 heteroatoms. The van der Waals surface area contributed by atoms with Crippen LogP contribution >= 0.6 is 0 Å². The molecule has 0 bridgehead atoms. The highest BCUT2D eigenvalue weighted by Crippen LogP contribution is 2.32. The first-order valence-corrected chi connectivity index (χ1v) is 13.6.